The molecule has 25 heavy (non-hydrogen) atoms. The zero-order valence-corrected chi connectivity index (χ0v) is 15.5. The number of hydrogen-bond donors (Lipinski definition) is 0. The largest absolute Gasteiger partial charge is 0.379 e. The Balaban J connectivity index is 1.25. The van der Waals surface area contributed by atoms with Crippen LogP contribution in [0.3, 0.4) is 0 Å². The average molecular weight is 348 g/mol. The van der Waals surface area contributed by atoms with E-state index in [0.717, 1.165) is 38.8 Å². The molecule has 4 rings (SSSR count). The van der Waals surface area contributed by atoms with E-state index in [1.165, 1.54) is 51.1 Å². The second-order valence-corrected chi connectivity index (χ2v) is 7.88. The van der Waals surface area contributed by atoms with Crippen molar-refractivity contribution in [3.05, 3.63) is 18.0 Å². The monoisotopic (exact) mass is 348 g/mol. The van der Waals surface area contributed by atoms with Crippen molar-refractivity contribution >= 4 is 0 Å². The molecule has 6 nitrogen and oxygen atoms in total. The molecular formula is C19H32N4O2. The number of morpholine rings is 1. The Morgan fingerprint density at radius 2 is 1.76 bits per heavy atom. The van der Waals surface area contributed by atoms with Crippen molar-refractivity contribution in [1.29, 1.82) is 0 Å². The zero-order chi connectivity index (χ0) is 17.1. The molecule has 0 N–H and O–H groups in total. The van der Waals surface area contributed by atoms with Gasteiger partial charge in [0.2, 0.25) is 0 Å². The van der Waals surface area contributed by atoms with Gasteiger partial charge in [-0.25, -0.2) is 0 Å². The minimum absolute atomic E-state index is 0.221. The van der Waals surface area contributed by atoms with E-state index in [9.17, 15) is 0 Å². The van der Waals surface area contributed by atoms with Gasteiger partial charge in [-0.2, -0.15) is 5.10 Å². The molecule has 2 atom stereocenters. The quantitative estimate of drug-likeness (QED) is 0.808. The highest BCUT2D eigenvalue weighted by atomic mass is 16.5. The van der Waals surface area contributed by atoms with Crippen molar-refractivity contribution in [1.82, 2.24) is 19.6 Å². The number of piperidine rings is 1. The molecule has 3 fully saturated rings. The summed E-state index contributed by atoms with van der Waals surface area (Å²) in [5.41, 5.74) is 1.23. The molecular weight excluding hydrogens is 316 g/mol. The van der Waals surface area contributed by atoms with Gasteiger partial charge in [0.15, 0.2) is 0 Å². The van der Waals surface area contributed by atoms with Crippen molar-refractivity contribution in [2.45, 2.75) is 25.4 Å². The molecule has 3 aliphatic heterocycles. The van der Waals surface area contributed by atoms with E-state index in [0.29, 0.717) is 5.92 Å². The molecule has 1 aromatic heterocycles. The third-order valence-corrected chi connectivity index (χ3v) is 6.18. The van der Waals surface area contributed by atoms with Crippen LogP contribution in [0.5, 0.6) is 0 Å². The van der Waals surface area contributed by atoms with Gasteiger partial charge in [-0.05, 0) is 44.3 Å². The number of aromatic nitrogens is 2. The van der Waals surface area contributed by atoms with Crippen molar-refractivity contribution in [3.8, 4) is 0 Å². The van der Waals surface area contributed by atoms with Gasteiger partial charge in [0.25, 0.3) is 0 Å². The van der Waals surface area contributed by atoms with Gasteiger partial charge in [-0.3, -0.25) is 9.58 Å². The first-order chi connectivity index (χ1) is 12.3. The molecule has 0 aliphatic carbocycles. The Bertz CT molecular complexity index is 535. The number of ether oxygens (including phenoxy) is 2. The average Bonchev–Trinajstić information content (AvgIpc) is 3.26. The molecule has 140 valence electrons. The van der Waals surface area contributed by atoms with E-state index in [4.69, 9.17) is 9.47 Å². The van der Waals surface area contributed by atoms with Crippen LogP contribution in [-0.2, 0) is 16.5 Å². The molecule has 1 aromatic rings. The maximum absolute atomic E-state index is 6.05. The standard InChI is InChI=1S/C19H32N4O2/c1-21-18(2-6-20-21)19-17(5-11-25-19)15-22-7-3-16(4-8-22)14-23-9-12-24-13-10-23/h2,6,16-17,19H,3-5,7-15H2,1H3/t17-,19+/m0/s1. The fraction of sp³-hybridized carbons (Fsp3) is 0.842. The van der Waals surface area contributed by atoms with Gasteiger partial charge >= 0.3 is 0 Å². The van der Waals surface area contributed by atoms with Crippen molar-refractivity contribution in [3.63, 3.8) is 0 Å². The first kappa shape index (κ1) is 17.5. The summed E-state index contributed by atoms with van der Waals surface area (Å²) < 4.78 is 13.5. The van der Waals surface area contributed by atoms with Crippen molar-refractivity contribution in [2.24, 2.45) is 18.9 Å². The molecule has 0 saturated carbocycles. The van der Waals surface area contributed by atoms with Crippen molar-refractivity contribution < 1.29 is 9.47 Å². The van der Waals surface area contributed by atoms with Crippen LogP contribution < -0.4 is 0 Å². The van der Waals surface area contributed by atoms with E-state index in [2.05, 4.69) is 21.0 Å². The maximum Gasteiger partial charge on any atom is 0.103 e. The lowest BCUT2D eigenvalue weighted by atomic mass is 9.93. The van der Waals surface area contributed by atoms with E-state index < -0.39 is 0 Å². The van der Waals surface area contributed by atoms with E-state index in [1.807, 2.05) is 17.9 Å². The third-order valence-electron chi connectivity index (χ3n) is 6.18. The minimum Gasteiger partial charge on any atom is -0.379 e. The van der Waals surface area contributed by atoms with Gasteiger partial charge < -0.3 is 14.4 Å². The SMILES string of the molecule is Cn1nccc1[C@@H]1OCC[C@H]1CN1CCC(CN2CCOCC2)CC1. The number of nitrogens with zero attached hydrogens (tertiary/aromatic N) is 4. The number of likely N-dealkylation sites (tertiary alicyclic amines) is 1. The topological polar surface area (TPSA) is 42.8 Å². The molecule has 3 aliphatic rings. The molecule has 3 saturated heterocycles. The van der Waals surface area contributed by atoms with Gasteiger partial charge in [0.05, 0.1) is 18.9 Å². The third kappa shape index (κ3) is 4.25. The molecule has 0 aromatic carbocycles. The lowest BCUT2D eigenvalue weighted by Gasteiger charge is -2.37. The summed E-state index contributed by atoms with van der Waals surface area (Å²) in [4.78, 5) is 5.26. The van der Waals surface area contributed by atoms with Gasteiger partial charge in [-0.15, -0.1) is 0 Å². The molecule has 6 heteroatoms. The van der Waals surface area contributed by atoms with Crippen LogP contribution >= 0.6 is 0 Å². The summed E-state index contributed by atoms with van der Waals surface area (Å²) in [6.45, 7) is 9.85. The van der Waals surface area contributed by atoms with E-state index >= 15 is 0 Å². The van der Waals surface area contributed by atoms with Crippen LogP contribution in [0.25, 0.3) is 0 Å². The number of hydrogen-bond acceptors (Lipinski definition) is 5. The Labute approximate surface area is 151 Å². The summed E-state index contributed by atoms with van der Waals surface area (Å²) in [5, 5.41) is 4.32. The lowest BCUT2D eigenvalue weighted by Crippen LogP contribution is -2.43. The highest BCUT2D eigenvalue weighted by Gasteiger charge is 2.34. The Morgan fingerprint density at radius 3 is 2.48 bits per heavy atom. The predicted octanol–water partition coefficient (Wildman–Crippen LogP) is 1.54. The molecule has 0 unspecified atom stereocenters. The second-order valence-electron chi connectivity index (χ2n) is 7.88. The van der Waals surface area contributed by atoms with Crippen LogP contribution in [0.4, 0.5) is 0 Å². The van der Waals surface area contributed by atoms with E-state index in [1.54, 1.807) is 0 Å². The highest BCUT2D eigenvalue weighted by Crippen LogP contribution is 2.35. The van der Waals surface area contributed by atoms with Gasteiger partial charge in [0, 0.05) is 51.9 Å². The second kappa shape index (κ2) is 8.16. The molecule has 0 bridgehead atoms. The normalized spacial score (nSPS) is 30.1. The summed E-state index contributed by atoms with van der Waals surface area (Å²) in [5.74, 6) is 1.47. The summed E-state index contributed by atoms with van der Waals surface area (Å²) >= 11 is 0. The maximum atomic E-state index is 6.05. The molecule has 4 heterocycles. The van der Waals surface area contributed by atoms with E-state index in [-0.39, 0.29) is 6.10 Å². The molecule has 0 amide bonds. The van der Waals surface area contributed by atoms with Crippen LogP contribution in [0, 0.1) is 11.8 Å². The fourth-order valence-corrected chi connectivity index (χ4v) is 4.64. The first-order valence-electron chi connectivity index (χ1n) is 9.91. The van der Waals surface area contributed by atoms with Crippen LogP contribution in [0.2, 0.25) is 0 Å². The molecule has 0 spiro atoms. The smallest absolute Gasteiger partial charge is 0.103 e. The highest BCUT2D eigenvalue weighted by molar-refractivity contribution is 5.08. The zero-order valence-electron chi connectivity index (χ0n) is 15.5. The Kier molecular flexibility index (Phi) is 5.70. The Hall–Kier alpha value is -0.950. The summed E-state index contributed by atoms with van der Waals surface area (Å²) in [6, 6.07) is 2.11. The van der Waals surface area contributed by atoms with Gasteiger partial charge in [-0.1, -0.05) is 0 Å². The van der Waals surface area contributed by atoms with Gasteiger partial charge in [0.1, 0.15) is 6.10 Å². The van der Waals surface area contributed by atoms with Crippen LogP contribution in [0.1, 0.15) is 31.1 Å². The number of rotatable bonds is 5. The fourth-order valence-electron chi connectivity index (χ4n) is 4.64. The number of aryl methyl sites for hydroxylation is 1. The summed E-state index contributed by atoms with van der Waals surface area (Å²) in [7, 11) is 2.02. The molecule has 0 radical (unpaired) electrons. The van der Waals surface area contributed by atoms with Crippen molar-refractivity contribution in [2.75, 3.05) is 59.1 Å². The minimum atomic E-state index is 0.221. The van der Waals surface area contributed by atoms with Crippen LogP contribution in [0.15, 0.2) is 12.3 Å². The lowest BCUT2D eigenvalue weighted by molar-refractivity contribution is 0.0223. The van der Waals surface area contributed by atoms with Crippen LogP contribution in [-0.4, -0.2) is 78.7 Å². The predicted molar refractivity (Wildman–Crippen MR) is 96.4 cm³/mol. The Morgan fingerprint density at radius 1 is 1.00 bits per heavy atom. The first-order valence-corrected chi connectivity index (χ1v) is 9.91. The summed E-state index contributed by atoms with van der Waals surface area (Å²) in [6.07, 6.45) is 5.94.